The number of epoxide rings is 1. The first kappa shape index (κ1) is 9.46. The van der Waals surface area contributed by atoms with Crippen molar-refractivity contribution in [2.24, 2.45) is 0 Å². The van der Waals surface area contributed by atoms with E-state index in [4.69, 9.17) is 4.74 Å². The van der Waals surface area contributed by atoms with Crippen LogP contribution < -0.4 is 4.90 Å². The van der Waals surface area contributed by atoms with Crippen LogP contribution >= 0.6 is 0 Å². The molecule has 0 saturated carbocycles. The summed E-state index contributed by atoms with van der Waals surface area (Å²) in [5, 5.41) is 0. The van der Waals surface area contributed by atoms with Gasteiger partial charge in [-0.1, -0.05) is 0 Å². The molecule has 1 aromatic carbocycles. The highest BCUT2D eigenvalue weighted by Crippen LogP contribution is 2.42. The van der Waals surface area contributed by atoms with E-state index in [-0.39, 0.29) is 11.4 Å². The molecule has 1 aromatic rings. The quantitative estimate of drug-likeness (QED) is 0.672. The van der Waals surface area contributed by atoms with Gasteiger partial charge in [-0.3, -0.25) is 0 Å². The Kier molecular flexibility index (Phi) is 2.00. The summed E-state index contributed by atoms with van der Waals surface area (Å²) in [7, 11) is 3.89. The molecule has 1 heterocycles. The Bertz CT molecular complexity index is 358. The van der Waals surface area contributed by atoms with Crippen molar-refractivity contribution in [3.05, 3.63) is 29.6 Å². The lowest BCUT2D eigenvalue weighted by atomic mass is 9.99. The van der Waals surface area contributed by atoms with Gasteiger partial charge in [-0.15, -0.1) is 0 Å². The van der Waals surface area contributed by atoms with Crippen LogP contribution in [0.4, 0.5) is 10.1 Å². The molecule has 1 aliphatic heterocycles. The van der Waals surface area contributed by atoms with E-state index < -0.39 is 0 Å². The molecule has 0 amide bonds. The van der Waals surface area contributed by atoms with Crippen LogP contribution in [-0.2, 0) is 10.3 Å². The average Bonchev–Trinajstić information content (AvgIpc) is 2.84. The normalized spacial score (nSPS) is 24.9. The Morgan fingerprint density at radius 1 is 1.43 bits per heavy atom. The smallest absolute Gasteiger partial charge is 0.123 e. The van der Waals surface area contributed by atoms with E-state index in [1.165, 1.54) is 6.07 Å². The van der Waals surface area contributed by atoms with Gasteiger partial charge in [0.15, 0.2) is 0 Å². The van der Waals surface area contributed by atoms with Crippen molar-refractivity contribution in [3.63, 3.8) is 0 Å². The fourth-order valence-corrected chi connectivity index (χ4v) is 1.59. The van der Waals surface area contributed by atoms with Crippen molar-refractivity contribution in [1.82, 2.24) is 0 Å². The van der Waals surface area contributed by atoms with Gasteiger partial charge < -0.3 is 9.64 Å². The molecule has 0 radical (unpaired) electrons. The third-order valence-corrected chi connectivity index (χ3v) is 2.59. The summed E-state index contributed by atoms with van der Waals surface area (Å²) in [6, 6.07) is 4.82. The van der Waals surface area contributed by atoms with Crippen molar-refractivity contribution < 1.29 is 9.13 Å². The minimum atomic E-state index is -0.276. The second-order valence-electron chi connectivity index (χ2n) is 4.08. The molecule has 1 fully saturated rings. The molecule has 1 unspecified atom stereocenters. The summed E-state index contributed by atoms with van der Waals surface area (Å²) >= 11 is 0. The summed E-state index contributed by atoms with van der Waals surface area (Å²) < 4.78 is 18.4. The van der Waals surface area contributed by atoms with Gasteiger partial charge in [0.25, 0.3) is 0 Å². The third kappa shape index (κ3) is 1.48. The number of hydrogen-bond acceptors (Lipinski definition) is 2. The monoisotopic (exact) mass is 195 g/mol. The predicted octanol–water partition coefficient (Wildman–Crippen LogP) is 2.14. The molecule has 0 bridgehead atoms. The summed E-state index contributed by atoms with van der Waals surface area (Å²) in [6.07, 6.45) is 0. The van der Waals surface area contributed by atoms with E-state index in [2.05, 4.69) is 0 Å². The first-order valence-corrected chi connectivity index (χ1v) is 4.64. The first-order chi connectivity index (χ1) is 6.53. The lowest BCUT2D eigenvalue weighted by Crippen LogP contribution is -2.15. The van der Waals surface area contributed by atoms with Gasteiger partial charge in [0.05, 0.1) is 6.61 Å². The number of benzene rings is 1. The summed E-state index contributed by atoms with van der Waals surface area (Å²) in [6.45, 7) is 2.66. The zero-order valence-electron chi connectivity index (χ0n) is 8.67. The molecule has 1 aliphatic rings. The van der Waals surface area contributed by atoms with Gasteiger partial charge in [0.1, 0.15) is 11.4 Å². The van der Waals surface area contributed by atoms with Crippen LogP contribution in [0.5, 0.6) is 0 Å². The average molecular weight is 195 g/mol. The van der Waals surface area contributed by atoms with Crippen LogP contribution in [0.15, 0.2) is 18.2 Å². The van der Waals surface area contributed by atoms with E-state index in [1.54, 1.807) is 12.1 Å². The molecule has 0 N–H and O–H groups in total. The Balaban J connectivity index is 2.49. The highest BCUT2D eigenvalue weighted by atomic mass is 19.1. The molecule has 0 aromatic heterocycles. The molecule has 76 valence electrons. The number of anilines is 1. The summed E-state index contributed by atoms with van der Waals surface area (Å²) in [5.74, 6) is -0.206. The largest absolute Gasteiger partial charge is 0.377 e. The molecule has 0 aliphatic carbocycles. The maximum absolute atomic E-state index is 13.1. The summed E-state index contributed by atoms with van der Waals surface area (Å²) in [5.41, 5.74) is 1.68. The molecule has 2 rings (SSSR count). The van der Waals surface area contributed by atoms with Crippen LogP contribution in [0.25, 0.3) is 0 Å². The second kappa shape index (κ2) is 2.95. The van der Waals surface area contributed by atoms with Gasteiger partial charge in [-0.2, -0.15) is 0 Å². The van der Waals surface area contributed by atoms with Gasteiger partial charge in [-0.25, -0.2) is 4.39 Å². The standard InChI is InChI=1S/C11H14FNO/c1-11(7-14-11)9-6-8(12)4-5-10(9)13(2)3/h4-6H,7H2,1-3H3. The van der Waals surface area contributed by atoms with Crippen LogP contribution in [0.2, 0.25) is 0 Å². The maximum Gasteiger partial charge on any atom is 0.123 e. The van der Waals surface area contributed by atoms with Crippen LogP contribution in [0.3, 0.4) is 0 Å². The SMILES string of the molecule is CN(C)c1ccc(F)cc1C1(C)CO1. The van der Waals surface area contributed by atoms with Crippen molar-refractivity contribution in [3.8, 4) is 0 Å². The lowest BCUT2D eigenvalue weighted by molar-refractivity contribution is 0.329. The minimum absolute atomic E-state index is 0.206. The molecule has 2 nitrogen and oxygen atoms in total. The molecule has 14 heavy (non-hydrogen) atoms. The number of rotatable bonds is 2. The molecule has 1 atom stereocenters. The first-order valence-electron chi connectivity index (χ1n) is 4.64. The van der Waals surface area contributed by atoms with Gasteiger partial charge in [-0.05, 0) is 25.1 Å². The zero-order chi connectivity index (χ0) is 10.3. The van der Waals surface area contributed by atoms with E-state index in [9.17, 15) is 4.39 Å². The highest BCUT2D eigenvalue weighted by Gasteiger charge is 2.43. The molecular formula is C11H14FNO. The Morgan fingerprint density at radius 2 is 2.07 bits per heavy atom. The zero-order valence-corrected chi connectivity index (χ0v) is 8.67. The third-order valence-electron chi connectivity index (χ3n) is 2.59. The number of hydrogen-bond donors (Lipinski definition) is 0. The second-order valence-corrected chi connectivity index (χ2v) is 4.08. The van der Waals surface area contributed by atoms with Gasteiger partial charge >= 0.3 is 0 Å². The molecule has 3 heteroatoms. The highest BCUT2D eigenvalue weighted by molar-refractivity contribution is 5.56. The minimum Gasteiger partial charge on any atom is -0.377 e. The molecule has 0 spiro atoms. The maximum atomic E-state index is 13.1. The Morgan fingerprint density at radius 3 is 2.57 bits per heavy atom. The van der Waals surface area contributed by atoms with E-state index >= 15 is 0 Å². The van der Waals surface area contributed by atoms with Crippen molar-refractivity contribution in [1.29, 1.82) is 0 Å². The molecule has 1 saturated heterocycles. The Hall–Kier alpha value is -1.09. The molecular weight excluding hydrogens is 181 g/mol. The summed E-state index contributed by atoms with van der Waals surface area (Å²) in [4.78, 5) is 1.97. The predicted molar refractivity (Wildman–Crippen MR) is 54.0 cm³/mol. The fourth-order valence-electron chi connectivity index (χ4n) is 1.59. The van der Waals surface area contributed by atoms with Crippen molar-refractivity contribution in [2.75, 3.05) is 25.6 Å². The van der Waals surface area contributed by atoms with Crippen LogP contribution in [-0.4, -0.2) is 20.7 Å². The van der Waals surface area contributed by atoms with Gasteiger partial charge in [0, 0.05) is 25.3 Å². The van der Waals surface area contributed by atoms with Crippen LogP contribution in [0, 0.1) is 5.82 Å². The van der Waals surface area contributed by atoms with Crippen molar-refractivity contribution in [2.45, 2.75) is 12.5 Å². The number of halogens is 1. The number of nitrogens with zero attached hydrogens (tertiary/aromatic N) is 1. The van der Waals surface area contributed by atoms with E-state index in [0.717, 1.165) is 11.3 Å². The van der Waals surface area contributed by atoms with Gasteiger partial charge in [0.2, 0.25) is 0 Å². The lowest BCUT2D eigenvalue weighted by Gasteiger charge is -2.19. The van der Waals surface area contributed by atoms with Crippen LogP contribution in [0.1, 0.15) is 12.5 Å². The fraction of sp³-hybridized carbons (Fsp3) is 0.455. The van der Waals surface area contributed by atoms with Crippen molar-refractivity contribution >= 4 is 5.69 Å². The van der Waals surface area contributed by atoms with E-state index in [0.29, 0.717) is 6.61 Å². The van der Waals surface area contributed by atoms with E-state index in [1.807, 2.05) is 25.9 Å². The topological polar surface area (TPSA) is 15.8 Å². The number of ether oxygens (including phenoxy) is 1. The Labute approximate surface area is 83.3 Å².